The van der Waals surface area contributed by atoms with Crippen molar-refractivity contribution in [3.63, 3.8) is 0 Å². The molecule has 0 aromatic heterocycles. The van der Waals surface area contributed by atoms with Gasteiger partial charge < -0.3 is 4.74 Å². The minimum Gasteiger partial charge on any atom is -0.491 e. The van der Waals surface area contributed by atoms with Crippen LogP contribution in [0.2, 0.25) is 5.02 Å². The van der Waals surface area contributed by atoms with Crippen LogP contribution in [0.1, 0.15) is 5.56 Å². The van der Waals surface area contributed by atoms with Gasteiger partial charge in [0.25, 0.3) is 0 Å². The number of rotatable bonds is 0. The van der Waals surface area contributed by atoms with Crippen molar-refractivity contribution >= 4 is 27.5 Å². The third-order valence-corrected chi connectivity index (χ3v) is 3.01. The lowest BCUT2D eigenvalue weighted by atomic mass is 10.2. The number of ether oxygens (including phenoxy) is 1. The second kappa shape index (κ2) is 2.68. The third-order valence-electron chi connectivity index (χ3n) is 1.75. The molecule has 1 aliphatic heterocycles. The Morgan fingerprint density at radius 3 is 3.09 bits per heavy atom. The van der Waals surface area contributed by atoms with E-state index in [1.807, 2.05) is 12.1 Å². The summed E-state index contributed by atoms with van der Waals surface area (Å²) in [4.78, 5) is 0. The van der Waals surface area contributed by atoms with E-state index in [9.17, 15) is 0 Å². The summed E-state index contributed by atoms with van der Waals surface area (Å²) in [7, 11) is 0. The Balaban J connectivity index is 2.62. The highest BCUT2D eigenvalue weighted by Gasteiger charge is 2.16. The second-order valence-electron chi connectivity index (χ2n) is 2.45. The van der Waals surface area contributed by atoms with Crippen molar-refractivity contribution in [2.45, 2.75) is 6.42 Å². The molecule has 0 N–H and O–H groups in total. The van der Waals surface area contributed by atoms with E-state index in [4.69, 9.17) is 16.3 Å². The van der Waals surface area contributed by atoms with Gasteiger partial charge in [0.05, 0.1) is 11.6 Å². The van der Waals surface area contributed by atoms with Crippen molar-refractivity contribution < 1.29 is 4.74 Å². The zero-order valence-corrected chi connectivity index (χ0v) is 8.08. The van der Waals surface area contributed by atoms with Crippen LogP contribution in [-0.2, 0) is 6.42 Å². The Bertz CT molecular complexity index is 298. The van der Waals surface area contributed by atoms with Crippen LogP contribution in [0.25, 0.3) is 0 Å². The normalized spacial score (nSPS) is 14.4. The average Bonchev–Trinajstić information content (AvgIpc) is 2.45. The molecule has 0 fully saturated rings. The van der Waals surface area contributed by atoms with Gasteiger partial charge in [-0.2, -0.15) is 0 Å². The molecule has 0 aliphatic carbocycles. The number of halogens is 2. The van der Waals surface area contributed by atoms with Crippen molar-refractivity contribution in [1.29, 1.82) is 0 Å². The zero-order chi connectivity index (χ0) is 7.84. The SMILES string of the molecule is Clc1c(Br)ccc2c1OCC2. The van der Waals surface area contributed by atoms with E-state index >= 15 is 0 Å². The van der Waals surface area contributed by atoms with Crippen LogP contribution in [-0.4, -0.2) is 6.61 Å². The molecule has 2 rings (SSSR count). The van der Waals surface area contributed by atoms with Gasteiger partial charge in [-0.3, -0.25) is 0 Å². The lowest BCUT2D eigenvalue weighted by molar-refractivity contribution is 0.357. The molecule has 3 heteroatoms. The highest BCUT2D eigenvalue weighted by Crippen LogP contribution is 2.38. The Labute approximate surface area is 78.4 Å². The van der Waals surface area contributed by atoms with E-state index in [0.29, 0.717) is 5.02 Å². The molecule has 1 aliphatic rings. The van der Waals surface area contributed by atoms with Gasteiger partial charge in [-0.1, -0.05) is 17.7 Å². The standard InChI is InChI=1S/C8H6BrClO/c9-6-2-1-5-3-4-11-8(5)7(6)10/h1-2H,3-4H2. The molecule has 1 aromatic rings. The van der Waals surface area contributed by atoms with Crippen molar-refractivity contribution in [2.75, 3.05) is 6.61 Å². The number of fused-ring (bicyclic) bond motifs is 1. The molecule has 0 saturated carbocycles. The van der Waals surface area contributed by atoms with E-state index in [-0.39, 0.29) is 0 Å². The second-order valence-corrected chi connectivity index (χ2v) is 3.68. The summed E-state index contributed by atoms with van der Waals surface area (Å²) in [6, 6.07) is 3.99. The predicted octanol–water partition coefficient (Wildman–Crippen LogP) is 3.04. The van der Waals surface area contributed by atoms with Crippen LogP contribution < -0.4 is 4.74 Å². The van der Waals surface area contributed by atoms with Gasteiger partial charge in [-0.25, -0.2) is 0 Å². The van der Waals surface area contributed by atoms with Gasteiger partial charge in [-0.15, -0.1) is 0 Å². The molecule has 1 nitrogen and oxygen atoms in total. The summed E-state index contributed by atoms with van der Waals surface area (Å²) in [5.74, 6) is 0.848. The summed E-state index contributed by atoms with van der Waals surface area (Å²) in [5.41, 5.74) is 1.21. The van der Waals surface area contributed by atoms with Crippen molar-refractivity contribution in [3.8, 4) is 5.75 Å². The van der Waals surface area contributed by atoms with Gasteiger partial charge in [0.2, 0.25) is 0 Å². The lowest BCUT2D eigenvalue weighted by Crippen LogP contribution is -1.86. The fourth-order valence-corrected chi connectivity index (χ4v) is 1.74. The summed E-state index contributed by atoms with van der Waals surface area (Å²) < 4.78 is 6.25. The van der Waals surface area contributed by atoms with Crippen LogP contribution in [0.3, 0.4) is 0 Å². The maximum Gasteiger partial charge on any atom is 0.142 e. The monoisotopic (exact) mass is 232 g/mol. The van der Waals surface area contributed by atoms with Crippen LogP contribution in [0, 0.1) is 0 Å². The van der Waals surface area contributed by atoms with Gasteiger partial charge in [0, 0.05) is 10.9 Å². The highest BCUT2D eigenvalue weighted by molar-refractivity contribution is 9.10. The molecule has 0 bridgehead atoms. The van der Waals surface area contributed by atoms with Gasteiger partial charge >= 0.3 is 0 Å². The molecule has 0 unspecified atom stereocenters. The molecule has 0 spiro atoms. The molecule has 0 amide bonds. The van der Waals surface area contributed by atoms with E-state index in [1.165, 1.54) is 5.56 Å². The molecule has 0 atom stereocenters. The maximum atomic E-state index is 5.97. The molecule has 11 heavy (non-hydrogen) atoms. The molecular weight excluding hydrogens is 227 g/mol. The largest absolute Gasteiger partial charge is 0.491 e. The fourth-order valence-electron chi connectivity index (χ4n) is 1.19. The van der Waals surface area contributed by atoms with Crippen LogP contribution in [0.4, 0.5) is 0 Å². The van der Waals surface area contributed by atoms with E-state index in [0.717, 1.165) is 23.2 Å². The van der Waals surface area contributed by atoms with Crippen LogP contribution in [0.15, 0.2) is 16.6 Å². The van der Waals surface area contributed by atoms with Gasteiger partial charge in [0.1, 0.15) is 5.75 Å². The summed E-state index contributed by atoms with van der Waals surface area (Å²) in [6.07, 6.45) is 0.975. The predicted molar refractivity (Wildman–Crippen MR) is 48.4 cm³/mol. The number of hydrogen-bond donors (Lipinski definition) is 0. The van der Waals surface area contributed by atoms with Crippen molar-refractivity contribution in [3.05, 3.63) is 27.2 Å². The van der Waals surface area contributed by atoms with Crippen LogP contribution >= 0.6 is 27.5 Å². The van der Waals surface area contributed by atoms with E-state index < -0.39 is 0 Å². The molecule has 0 radical (unpaired) electrons. The highest BCUT2D eigenvalue weighted by atomic mass is 79.9. The Morgan fingerprint density at radius 2 is 2.27 bits per heavy atom. The topological polar surface area (TPSA) is 9.23 Å². The number of benzene rings is 1. The zero-order valence-electron chi connectivity index (χ0n) is 5.73. The van der Waals surface area contributed by atoms with Gasteiger partial charge in [-0.05, 0) is 27.6 Å². The molecule has 1 aromatic carbocycles. The fraction of sp³-hybridized carbons (Fsp3) is 0.250. The first kappa shape index (κ1) is 7.44. The number of hydrogen-bond acceptors (Lipinski definition) is 1. The Kier molecular flexibility index (Phi) is 1.81. The van der Waals surface area contributed by atoms with Crippen LogP contribution in [0.5, 0.6) is 5.75 Å². The minimum atomic E-state index is 0.694. The third kappa shape index (κ3) is 1.14. The van der Waals surface area contributed by atoms with Crippen molar-refractivity contribution in [1.82, 2.24) is 0 Å². The molecular formula is C8H6BrClO. The summed E-state index contributed by atoms with van der Waals surface area (Å²) in [6.45, 7) is 0.755. The van der Waals surface area contributed by atoms with Crippen molar-refractivity contribution in [2.24, 2.45) is 0 Å². The van der Waals surface area contributed by atoms with E-state index in [1.54, 1.807) is 0 Å². The van der Waals surface area contributed by atoms with E-state index in [2.05, 4.69) is 15.9 Å². The molecule has 58 valence electrons. The minimum absolute atomic E-state index is 0.694. The molecule has 0 saturated heterocycles. The lowest BCUT2D eigenvalue weighted by Gasteiger charge is -2.02. The first-order valence-corrected chi connectivity index (χ1v) is 4.56. The Morgan fingerprint density at radius 1 is 1.45 bits per heavy atom. The van der Waals surface area contributed by atoms with Gasteiger partial charge in [0.15, 0.2) is 0 Å². The quantitative estimate of drug-likeness (QED) is 0.669. The summed E-state index contributed by atoms with van der Waals surface area (Å²) in [5, 5.41) is 0.694. The Hall–Kier alpha value is -0.210. The first-order valence-electron chi connectivity index (χ1n) is 3.39. The average molecular weight is 233 g/mol. The first-order chi connectivity index (χ1) is 5.29. The maximum absolute atomic E-state index is 5.97. The molecule has 1 heterocycles. The summed E-state index contributed by atoms with van der Waals surface area (Å²) >= 11 is 9.30. The smallest absolute Gasteiger partial charge is 0.142 e.